The lowest BCUT2D eigenvalue weighted by molar-refractivity contribution is -0.173. The molecule has 23 heavy (non-hydrogen) atoms. The molecule has 0 rings (SSSR count). The van der Waals surface area contributed by atoms with Gasteiger partial charge in [-0.2, -0.15) is 52.7 Å². The summed E-state index contributed by atoms with van der Waals surface area (Å²) in [4.78, 5) is -11.1. The van der Waals surface area contributed by atoms with Gasteiger partial charge in [-0.1, -0.05) is 0 Å². The van der Waals surface area contributed by atoms with Crippen LogP contribution in [0.2, 0.25) is 0 Å². The SMILES string of the molecule is FC(F)=C(OC(=C(F)F)C(F)(F)C(F)(F)Br)C(F)(F)C(F)(F)Br. The number of ether oxygens (including phenoxy) is 1. The number of hydrogen-bond donors (Lipinski definition) is 0. The molecule has 0 aliphatic carbocycles. The van der Waals surface area contributed by atoms with E-state index in [0.29, 0.717) is 0 Å². The van der Waals surface area contributed by atoms with Crippen LogP contribution in [0.3, 0.4) is 0 Å². The summed E-state index contributed by atoms with van der Waals surface area (Å²) in [5, 5.41) is 0. The normalized spacial score (nSPS) is 13.7. The number of hydrogen-bond acceptors (Lipinski definition) is 1. The molecule has 0 unspecified atom stereocenters. The highest BCUT2D eigenvalue weighted by molar-refractivity contribution is 9.10. The fourth-order valence-corrected chi connectivity index (χ4v) is 1.16. The highest BCUT2D eigenvalue weighted by atomic mass is 79.9. The maximum Gasteiger partial charge on any atom is 0.382 e. The predicted molar refractivity (Wildman–Crippen MR) is 57.2 cm³/mol. The van der Waals surface area contributed by atoms with Gasteiger partial charge in [0.25, 0.3) is 0 Å². The maximum absolute atomic E-state index is 13.0. The summed E-state index contributed by atoms with van der Waals surface area (Å²) < 4.78 is 153. The molecule has 0 saturated carbocycles. The van der Waals surface area contributed by atoms with Crippen LogP contribution in [0.4, 0.5) is 52.7 Å². The van der Waals surface area contributed by atoms with Crippen molar-refractivity contribution >= 4 is 31.9 Å². The highest BCUT2D eigenvalue weighted by Crippen LogP contribution is 2.51. The van der Waals surface area contributed by atoms with Crippen molar-refractivity contribution in [3.63, 3.8) is 0 Å². The van der Waals surface area contributed by atoms with Crippen LogP contribution in [0.15, 0.2) is 23.7 Å². The number of halogens is 14. The minimum atomic E-state index is -6.13. The lowest BCUT2D eigenvalue weighted by atomic mass is 10.2. The molecule has 0 aromatic rings. The molecular formula is C8Br2F12O. The van der Waals surface area contributed by atoms with Gasteiger partial charge < -0.3 is 4.74 Å². The second-order valence-electron chi connectivity index (χ2n) is 3.43. The van der Waals surface area contributed by atoms with Crippen LogP contribution in [-0.2, 0) is 4.74 Å². The van der Waals surface area contributed by atoms with Crippen LogP contribution in [0.1, 0.15) is 0 Å². The number of alkyl halides is 10. The lowest BCUT2D eigenvalue weighted by Crippen LogP contribution is -2.42. The molecule has 0 spiro atoms. The van der Waals surface area contributed by atoms with E-state index in [1.54, 1.807) is 0 Å². The molecule has 0 fully saturated rings. The van der Waals surface area contributed by atoms with E-state index in [1.165, 1.54) is 0 Å². The summed E-state index contributed by atoms with van der Waals surface area (Å²) in [6, 6.07) is 0. The minimum Gasteiger partial charge on any atom is -0.441 e. The van der Waals surface area contributed by atoms with E-state index in [1.807, 2.05) is 0 Å². The number of rotatable bonds is 6. The average Bonchev–Trinajstić information content (AvgIpc) is 2.24. The molecule has 0 heterocycles. The minimum absolute atomic E-state index is 0.907. The first kappa shape index (κ1) is 22.4. The van der Waals surface area contributed by atoms with Crippen LogP contribution in [0, 0.1) is 0 Å². The molecule has 1 nitrogen and oxygen atoms in total. The largest absolute Gasteiger partial charge is 0.441 e. The Morgan fingerprint density at radius 1 is 0.565 bits per heavy atom. The topological polar surface area (TPSA) is 9.23 Å². The summed E-state index contributed by atoms with van der Waals surface area (Å²) in [5.74, 6) is -19.6. The summed E-state index contributed by atoms with van der Waals surface area (Å²) in [6.07, 6.45) is -7.86. The van der Waals surface area contributed by atoms with Gasteiger partial charge in [0.15, 0.2) is 0 Å². The summed E-state index contributed by atoms with van der Waals surface area (Å²) in [6.45, 7) is 0. The molecule has 0 aromatic carbocycles. The third-order valence-electron chi connectivity index (χ3n) is 1.83. The molecule has 0 aliphatic rings. The summed E-state index contributed by atoms with van der Waals surface area (Å²) >= 11 is 1.81. The van der Waals surface area contributed by atoms with Gasteiger partial charge in [-0.05, 0) is 31.9 Å². The smallest absolute Gasteiger partial charge is 0.382 e. The molecule has 15 heteroatoms. The van der Waals surface area contributed by atoms with Crippen molar-refractivity contribution in [2.75, 3.05) is 0 Å². The van der Waals surface area contributed by atoms with Crippen LogP contribution < -0.4 is 0 Å². The zero-order chi connectivity index (χ0) is 19.0. The van der Waals surface area contributed by atoms with Crippen molar-refractivity contribution in [1.29, 1.82) is 0 Å². The van der Waals surface area contributed by atoms with E-state index < -0.39 is 45.2 Å². The van der Waals surface area contributed by atoms with E-state index >= 15 is 0 Å². The third kappa shape index (κ3) is 4.70. The standard InChI is InChI=1S/C8Br2F12O/c9-7(19,20)5(15,16)1(3(11)12)23-2(4(13)14)6(17,18)8(10,21)22. The van der Waals surface area contributed by atoms with Crippen molar-refractivity contribution in [3.05, 3.63) is 23.7 Å². The highest BCUT2D eigenvalue weighted by Gasteiger charge is 2.65. The Balaban J connectivity index is 6.17. The summed E-state index contributed by atoms with van der Waals surface area (Å²) in [5.41, 5.74) is 0. The van der Waals surface area contributed by atoms with Crippen molar-refractivity contribution in [1.82, 2.24) is 0 Å². The first-order chi connectivity index (χ1) is 9.87. The third-order valence-corrected chi connectivity index (χ3v) is 2.83. The van der Waals surface area contributed by atoms with Crippen LogP contribution in [0.5, 0.6) is 0 Å². The van der Waals surface area contributed by atoms with Gasteiger partial charge in [0.1, 0.15) is 0 Å². The van der Waals surface area contributed by atoms with Gasteiger partial charge in [-0.3, -0.25) is 0 Å². The number of allylic oxidation sites excluding steroid dienone is 2. The molecule has 0 amide bonds. The fraction of sp³-hybridized carbons (Fsp3) is 0.500. The monoisotopic (exact) mass is 498 g/mol. The van der Waals surface area contributed by atoms with E-state index in [-0.39, 0.29) is 0 Å². The Bertz CT molecular complexity index is 460. The van der Waals surface area contributed by atoms with Crippen LogP contribution in [-0.4, -0.2) is 21.5 Å². The second-order valence-corrected chi connectivity index (χ2v) is 5.42. The first-order valence-electron chi connectivity index (χ1n) is 4.55. The van der Waals surface area contributed by atoms with Gasteiger partial charge in [0.05, 0.1) is 0 Å². The Hall–Kier alpha value is -0.600. The Morgan fingerprint density at radius 2 is 0.783 bits per heavy atom. The van der Waals surface area contributed by atoms with Gasteiger partial charge in [0.2, 0.25) is 11.5 Å². The Morgan fingerprint density at radius 3 is 0.913 bits per heavy atom. The van der Waals surface area contributed by atoms with Crippen molar-refractivity contribution < 1.29 is 57.4 Å². The van der Waals surface area contributed by atoms with Gasteiger partial charge in [-0.15, -0.1) is 0 Å². The molecule has 0 aromatic heterocycles. The van der Waals surface area contributed by atoms with Gasteiger partial charge >= 0.3 is 33.7 Å². The van der Waals surface area contributed by atoms with Crippen LogP contribution >= 0.6 is 31.9 Å². The van der Waals surface area contributed by atoms with Crippen LogP contribution in [0.25, 0.3) is 0 Å². The first-order valence-corrected chi connectivity index (χ1v) is 6.14. The molecule has 0 saturated heterocycles. The fourth-order valence-electron chi connectivity index (χ4n) is 0.802. The second kappa shape index (κ2) is 6.72. The van der Waals surface area contributed by atoms with E-state index in [9.17, 15) is 52.7 Å². The molecule has 0 radical (unpaired) electrons. The quantitative estimate of drug-likeness (QED) is 0.231. The predicted octanol–water partition coefficient (Wildman–Crippen LogP) is 6.47. The summed E-state index contributed by atoms with van der Waals surface area (Å²) in [7, 11) is 0. The molecule has 0 atom stereocenters. The molecule has 0 aliphatic heterocycles. The average molecular weight is 500 g/mol. The van der Waals surface area contributed by atoms with Crippen molar-refractivity contribution in [3.8, 4) is 0 Å². The Labute approximate surface area is 135 Å². The molecule has 136 valence electrons. The lowest BCUT2D eigenvalue weighted by Gasteiger charge is -2.27. The van der Waals surface area contributed by atoms with Gasteiger partial charge in [0, 0.05) is 0 Å². The van der Waals surface area contributed by atoms with E-state index in [4.69, 9.17) is 0 Å². The zero-order valence-corrected chi connectivity index (χ0v) is 12.9. The van der Waals surface area contributed by atoms with Crippen molar-refractivity contribution in [2.45, 2.75) is 21.5 Å². The van der Waals surface area contributed by atoms with E-state index in [2.05, 4.69) is 4.74 Å². The maximum atomic E-state index is 13.0. The molecule has 0 N–H and O–H groups in total. The molecule has 0 bridgehead atoms. The zero-order valence-electron chi connectivity index (χ0n) is 9.70. The van der Waals surface area contributed by atoms with Crippen molar-refractivity contribution in [2.24, 2.45) is 0 Å². The van der Waals surface area contributed by atoms with E-state index in [0.717, 1.165) is 31.9 Å². The molecular weight excluding hydrogens is 500 g/mol. The van der Waals surface area contributed by atoms with Gasteiger partial charge in [-0.25, -0.2) is 0 Å². The Kier molecular flexibility index (Phi) is 6.55.